The number of hydrogen-bond donors (Lipinski definition) is 2. The van der Waals surface area contributed by atoms with E-state index in [-0.39, 0.29) is 35.5 Å². The summed E-state index contributed by atoms with van der Waals surface area (Å²) in [6.07, 6.45) is 0. The van der Waals surface area contributed by atoms with Gasteiger partial charge < -0.3 is 10.6 Å². The maximum Gasteiger partial charge on any atom is 0.274 e. The van der Waals surface area contributed by atoms with Crippen LogP contribution in [0.4, 0.5) is 0 Å². The van der Waals surface area contributed by atoms with Crippen LogP contribution in [-0.2, 0) is 13.1 Å². The van der Waals surface area contributed by atoms with Gasteiger partial charge in [-0.2, -0.15) is 5.10 Å². The number of nitrogens with zero attached hydrogens (tertiary/aromatic N) is 2. The Hall–Kier alpha value is -3.48. The molecule has 0 aliphatic heterocycles. The van der Waals surface area contributed by atoms with Crippen LogP contribution in [0.25, 0.3) is 10.8 Å². The zero-order chi connectivity index (χ0) is 21.0. The van der Waals surface area contributed by atoms with Crippen LogP contribution in [0.15, 0.2) is 53.3 Å². The average molecular weight is 392 g/mol. The average Bonchev–Trinajstić information content (AvgIpc) is 2.73. The lowest BCUT2D eigenvalue weighted by Gasteiger charge is -2.13. The standard InChI is InChI=1S/C22H24N4O3/c1-14(2)13-26-22(29)18-7-5-4-6-17(18)19(25-26)21(28)24-12-15-8-10-16(11-9-15)20(27)23-3/h4-11,14H,12-13H2,1-3H3,(H,23,27)(H,24,28). The largest absolute Gasteiger partial charge is 0.355 e. The predicted octanol–water partition coefficient (Wildman–Crippen LogP) is 2.34. The second kappa shape index (κ2) is 8.68. The minimum Gasteiger partial charge on any atom is -0.355 e. The number of benzene rings is 2. The van der Waals surface area contributed by atoms with Crippen LogP contribution in [0.1, 0.15) is 40.3 Å². The Morgan fingerprint density at radius 1 is 1.00 bits per heavy atom. The molecule has 0 bridgehead atoms. The fourth-order valence-electron chi connectivity index (χ4n) is 3.06. The first-order chi connectivity index (χ1) is 13.9. The smallest absolute Gasteiger partial charge is 0.274 e. The summed E-state index contributed by atoms with van der Waals surface area (Å²) in [6.45, 7) is 4.70. The molecule has 0 aliphatic carbocycles. The molecular formula is C22H24N4O3. The van der Waals surface area contributed by atoms with E-state index < -0.39 is 0 Å². The highest BCUT2D eigenvalue weighted by atomic mass is 16.2. The molecule has 2 aromatic carbocycles. The Morgan fingerprint density at radius 2 is 1.66 bits per heavy atom. The Balaban J connectivity index is 1.86. The lowest BCUT2D eigenvalue weighted by Crippen LogP contribution is -2.31. The Labute approximate surface area is 168 Å². The van der Waals surface area contributed by atoms with Crippen LogP contribution in [0.5, 0.6) is 0 Å². The summed E-state index contributed by atoms with van der Waals surface area (Å²) >= 11 is 0. The van der Waals surface area contributed by atoms with E-state index in [1.807, 2.05) is 13.8 Å². The number of carbonyl (C=O) groups is 2. The number of aromatic nitrogens is 2. The van der Waals surface area contributed by atoms with Gasteiger partial charge in [0, 0.05) is 31.1 Å². The zero-order valence-electron chi connectivity index (χ0n) is 16.7. The van der Waals surface area contributed by atoms with E-state index in [1.54, 1.807) is 55.6 Å². The van der Waals surface area contributed by atoms with Gasteiger partial charge in [0.1, 0.15) is 0 Å². The van der Waals surface area contributed by atoms with Crippen LogP contribution < -0.4 is 16.2 Å². The molecular weight excluding hydrogens is 368 g/mol. The van der Waals surface area contributed by atoms with E-state index in [0.717, 1.165) is 5.56 Å². The zero-order valence-corrected chi connectivity index (χ0v) is 16.7. The number of nitrogens with one attached hydrogen (secondary N) is 2. The molecule has 0 spiro atoms. The normalized spacial score (nSPS) is 10.9. The quantitative estimate of drug-likeness (QED) is 0.673. The number of fused-ring (bicyclic) bond motifs is 1. The fourth-order valence-corrected chi connectivity index (χ4v) is 3.06. The summed E-state index contributed by atoms with van der Waals surface area (Å²) in [7, 11) is 1.58. The Kier molecular flexibility index (Phi) is 6.07. The maximum atomic E-state index is 12.8. The van der Waals surface area contributed by atoms with E-state index >= 15 is 0 Å². The summed E-state index contributed by atoms with van der Waals surface area (Å²) < 4.78 is 1.36. The lowest BCUT2D eigenvalue weighted by atomic mass is 10.1. The Bertz CT molecular complexity index is 1100. The molecule has 3 rings (SSSR count). The van der Waals surface area contributed by atoms with Gasteiger partial charge in [-0.3, -0.25) is 14.4 Å². The molecule has 29 heavy (non-hydrogen) atoms. The van der Waals surface area contributed by atoms with Crippen molar-refractivity contribution in [1.29, 1.82) is 0 Å². The van der Waals surface area contributed by atoms with E-state index in [4.69, 9.17) is 0 Å². The molecule has 0 atom stereocenters. The lowest BCUT2D eigenvalue weighted by molar-refractivity contribution is 0.0941. The number of rotatable bonds is 6. The van der Waals surface area contributed by atoms with Gasteiger partial charge in [-0.25, -0.2) is 4.68 Å². The van der Waals surface area contributed by atoms with Crippen molar-refractivity contribution in [3.8, 4) is 0 Å². The second-order valence-electron chi connectivity index (χ2n) is 7.23. The van der Waals surface area contributed by atoms with Crippen LogP contribution >= 0.6 is 0 Å². The second-order valence-corrected chi connectivity index (χ2v) is 7.23. The molecule has 0 saturated heterocycles. The highest BCUT2D eigenvalue weighted by Gasteiger charge is 2.17. The third-order valence-corrected chi connectivity index (χ3v) is 4.52. The number of amides is 2. The summed E-state index contributed by atoms with van der Waals surface area (Å²) in [6, 6.07) is 14.0. The molecule has 1 aromatic heterocycles. The topological polar surface area (TPSA) is 93.1 Å². The third-order valence-electron chi connectivity index (χ3n) is 4.52. The van der Waals surface area contributed by atoms with Gasteiger partial charge in [-0.1, -0.05) is 44.2 Å². The molecule has 0 radical (unpaired) electrons. The van der Waals surface area contributed by atoms with Crippen molar-refractivity contribution in [2.75, 3.05) is 7.05 Å². The van der Waals surface area contributed by atoms with Gasteiger partial charge in [0.05, 0.1) is 5.39 Å². The summed E-state index contributed by atoms with van der Waals surface area (Å²) in [5, 5.41) is 10.8. The van der Waals surface area contributed by atoms with Crippen molar-refractivity contribution < 1.29 is 9.59 Å². The van der Waals surface area contributed by atoms with Crippen LogP contribution in [0.3, 0.4) is 0 Å². The summed E-state index contributed by atoms with van der Waals surface area (Å²) in [5.41, 5.74) is 1.43. The molecule has 150 valence electrons. The predicted molar refractivity (Wildman–Crippen MR) is 112 cm³/mol. The number of hydrogen-bond acceptors (Lipinski definition) is 4. The third kappa shape index (κ3) is 4.51. The molecule has 7 nitrogen and oxygen atoms in total. The molecule has 3 aromatic rings. The maximum absolute atomic E-state index is 12.8. The van der Waals surface area contributed by atoms with Crippen molar-refractivity contribution in [3.05, 3.63) is 75.7 Å². The fraction of sp³-hybridized carbons (Fsp3) is 0.273. The first kappa shape index (κ1) is 20.3. The summed E-state index contributed by atoms with van der Waals surface area (Å²) in [5.74, 6) is -0.297. The van der Waals surface area contributed by atoms with Crippen molar-refractivity contribution in [3.63, 3.8) is 0 Å². The van der Waals surface area contributed by atoms with Crippen LogP contribution in [0, 0.1) is 5.92 Å². The van der Waals surface area contributed by atoms with Crippen molar-refractivity contribution in [2.24, 2.45) is 5.92 Å². The van der Waals surface area contributed by atoms with Crippen LogP contribution in [0.2, 0.25) is 0 Å². The minimum absolute atomic E-state index is 0.163. The van der Waals surface area contributed by atoms with E-state index in [0.29, 0.717) is 22.9 Å². The highest BCUT2D eigenvalue weighted by molar-refractivity contribution is 6.04. The van der Waals surface area contributed by atoms with E-state index in [1.165, 1.54) is 4.68 Å². The van der Waals surface area contributed by atoms with Gasteiger partial charge in [-0.15, -0.1) is 0 Å². The first-order valence-electron chi connectivity index (χ1n) is 9.49. The van der Waals surface area contributed by atoms with Gasteiger partial charge >= 0.3 is 0 Å². The molecule has 1 heterocycles. The molecule has 0 unspecified atom stereocenters. The van der Waals surface area contributed by atoms with E-state index in [2.05, 4.69) is 15.7 Å². The van der Waals surface area contributed by atoms with Gasteiger partial charge in [-0.05, 0) is 29.7 Å². The van der Waals surface area contributed by atoms with E-state index in [9.17, 15) is 14.4 Å². The van der Waals surface area contributed by atoms with Crippen molar-refractivity contribution in [1.82, 2.24) is 20.4 Å². The van der Waals surface area contributed by atoms with Crippen molar-refractivity contribution in [2.45, 2.75) is 26.9 Å². The SMILES string of the molecule is CNC(=O)c1ccc(CNC(=O)c2nn(CC(C)C)c(=O)c3ccccc23)cc1. The highest BCUT2D eigenvalue weighted by Crippen LogP contribution is 2.14. The van der Waals surface area contributed by atoms with Gasteiger partial charge in [0.2, 0.25) is 0 Å². The molecule has 0 aliphatic rings. The van der Waals surface area contributed by atoms with Crippen molar-refractivity contribution >= 4 is 22.6 Å². The van der Waals surface area contributed by atoms with Gasteiger partial charge in [0.25, 0.3) is 17.4 Å². The minimum atomic E-state index is -0.353. The molecule has 0 fully saturated rings. The number of carbonyl (C=O) groups excluding carboxylic acids is 2. The van der Waals surface area contributed by atoms with Gasteiger partial charge in [0.15, 0.2) is 5.69 Å². The molecule has 2 amide bonds. The molecule has 2 N–H and O–H groups in total. The summed E-state index contributed by atoms with van der Waals surface area (Å²) in [4.78, 5) is 37.1. The molecule has 0 saturated carbocycles. The van der Waals surface area contributed by atoms with Crippen LogP contribution in [-0.4, -0.2) is 28.6 Å². The Morgan fingerprint density at radius 3 is 2.28 bits per heavy atom. The first-order valence-corrected chi connectivity index (χ1v) is 9.49. The monoisotopic (exact) mass is 392 g/mol. The molecule has 7 heteroatoms.